The molecule has 0 atom stereocenters. The Morgan fingerprint density at radius 2 is 1.74 bits per heavy atom. The van der Waals surface area contributed by atoms with E-state index in [0.717, 1.165) is 57.6 Å². The molecule has 4 rings (SSSR count). The van der Waals surface area contributed by atoms with Crippen LogP contribution >= 0.6 is 0 Å². The molecular weight excluding hydrogens is 292 g/mol. The van der Waals surface area contributed by atoms with Crippen LogP contribution in [-0.4, -0.2) is 48.6 Å². The Morgan fingerprint density at radius 3 is 2.26 bits per heavy atom. The van der Waals surface area contributed by atoms with Gasteiger partial charge in [-0.1, -0.05) is 0 Å². The van der Waals surface area contributed by atoms with Crippen LogP contribution in [0.4, 0.5) is 5.69 Å². The van der Waals surface area contributed by atoms with Crippen molar-refractivity contribution in [2.75, 3.05) is 31.1 Å². The van der Waals surface area contributed by atoms with Crippen molar-refractivity contribution in [3.63, 3.8) is 0 Å². The van der Waals surface area contributed by atoms with Crippen LogP contribution in [0.5, 0.6) is 0 Å². The number of ether oxygens (including phenoxy) is 1. The third-order valence-electron chi connectivity index (χ3n) is 5.43. The summed E-state index contributed by atoms with van der Waals surface area (Å²) in [6.07, 6.45) is 4.56. The van der Waals surface area contributed by atoms with E-state index >= 15 is 0 Å². The molecule has 5 nitrogen and oxygen atoms in total. The molecule has 122 valence electrons. The highest BCUT2D eigenvalue weighted by molar-refractivity contribution is 5.97. The van der Waals surface area contributed by atoms with Gasteiger partial charge in [-0.25, -0.2) is 0 Å². The minimum atomic E-state index is 0.0662. The van der Waals surface area contributed by atoms with Crippen LogP contribution in [0.25, 0.3) is 0 Å². The van der Waals surface area contributed by atoms with E-state index in [1.165, 1.54) is 0 Å². The standard InChI is InChI=1S/C18H22N2O3/c21-16-2-1-10-20(16)15-5-3-14(4-6-15)17(22)19-11-7-18(8-12-19)9-13-23-18/h3-6H,1-2,7-13H2. The molecule has 1 spiro atoms. The van der Waals surface area contributed by atoms with Crippen molar-refractivity contribution in [1.29, 1.82) is 0 Å². The van der Waals surface area contributed by atoms with Gasteiger partial charge in [0.1, 0.15) is 0 Å². The van der Waals surface area contributed by atoms with Gasteiger partial charge in [0.2, 0.25) is 5.91 Å². The van der Waals surface area contributed by atoms with Gasteiger partial charge in [-0.15, -0.1) is 0 Å². The van der Waals surface area contributed by atoms with Gasteiger partial charge >= 0.3 is 0 Å². The second-order valence-corrected chi connectivity index (χ2v) is 6.77. The Kier molecular flexibility index (Phi) is 3.60. The summed E-state index contributed by atoms with van der Waals surface area (Å²) >= 11 is 0. The second kappa shape index (κ2) is 5.64. The first-order chi connectivity index (χ1) is 11.2. The van der Waals surface area contributed by atoms with E-state index in [1.807, 2.05) is 29.2 Å². The normalized spacial score (nSPS) is 23.2. The van der Waals surface area contributed by atoms with E-state index in [2.05, 4.69) is 0 Å². The van der Waals surface area contributed by atoms with Crippen LogP contribution in [0, 0.1) is 0 Å². The fourth-order valence-electron chi connectivity index (χ4n) is 3.79. The molecule has 1 aromatic carbocycles. The third kappa shape index (κ3) is 2.63. The molecule has 0 aromatic heterocycles. The lowest BCUT2D eigenvalue weighted by Crippen LogP contribution is -2.53. The van der Waals surface area contributed by atoms with Gasteiger partial charge in [0.25, 0.3) is 5.91 Å². The molecule has 0 aliphatic carbocycles. The number of nitrogens with zero attached hydrogens (tertiary/aromatic N) is 2. The largest absolute Gasteiger partial charge is 0.375 e. The Morgan fingerprint density at radius 1 is 1.04 bits per heavy atom. The molecule has 0 saturated carbocycles. The van der Waals surface area contributed by atoms with E-state index in [0.29, 0.717) is 12.0 Å². The van der Waals surface area contributed by atoms with E-state index in [-0.39, 0.29) is 17.4 Å². The summed E-state index contributed by atoms with van der Waals surface area (Å²) in [6.45, 7) is 3.18. The van der Waals surface area contributed by atoms with Crippen molar-refractivity contribution in [2.45, 2.75) is 37.7 Å². The summed E-state index contributed by atoms with van der Waals surface area (Å²) in [5, 5.41) is 0. The lowest BCUT2D eigenvalue weighted by Gasteiger charge is -2.47. The van der Waals surface area contributed by atoms with Crippen molar-refractivity contribution < 1.29 is 14.3 Å². The maximum atomic E-state index is 12.6. The quantitative estimate of drug-likeness (QED) is 0.841. The van der Waals surface area contributed by atoms with E-state index < -0.39 is 0 Å². The van der Waals surface area contributed by atoms with Crippen molar-refractivity contribution in [1.82, 2.24) is 4.90 Å². The van der Waals surface area contributed by atoms with Crippen molar-refractivity contribution >= 4 is 17.5 Å². The topological polar surface area (TPSA) is 49.9 Å². The predicted molar refractivity (Wildman–Crippen MR) is 86.5 cm³/mol. The Balaban J connectivity index is 1.41. The Bertz CT molecular complexity index is 612. The maximum Gasteiger partial charge on any atom is 0.253 e. The molecule has 3 heterocycles. The summed E-state index contributed by atoms with van der Waals surface area (Å²) in [6, 6.07) is 7.45. The maximum absolute atomic E-state index is 12.6. The Hall–Kier alpha value is -1.88. The fourth-order valence-corrected chi connectivity index (χ4v) is 3.79. The number of rotatable bonds is 2. The molecule has 0 radical (unpaired) electrons. The highest BCUT2D eigenvalue weighted by atomic mass is 16.5. The summed E-state index contributed by atoms with van der Waals surface area (Å²) in [5.41, 5.74) is 1.66. The van der Waals surface area contributed by atoms with Gasteiger partial charge in [0, 0.05) is 37.3 Å². The molecule has 1 aromatic rings. The number of piperidine rings is 1. The highest BCUT2D eigenvalue weighted by Gasteiger charge is 2.42. The van der Waals surface area contributed by atoms with Gasteiger partial charge in [-0.05, 0) is 49.9 Å². The van der Waals surface area contributed by atoms with Crippen LogP contribution in [0.3, 0.4) is 0 Å². The molecule has 3 aliphatic rings. The zero-order valence-electron chi connectivity index (χ0n) is 13.3. The molecule has 5 heteroatoms. The van der Waals surface area contributed by atoms with Gasteiger partial charge in [-0.2, -0.15) is 0 Å². The Labute approximate surface area is 136 Å². The zero-order valence-corrected chi connectivity index (χ0v) is 13.3. The van der Waals surface area contributed by atoms with Crippen molar-refractivity contribution in [3.8, 4) is 0 Å². The minimum Gasteiger partial charge on any atom is -0.375 e. The van der Waals surface area contributed by atoms with E-state index in [4.69, 9.17) is 4.74 Å². The van der Waals surface area contributed by atoms with Crippen LogP contribution < -0.4 is 4.90 Å². The lowest BCUT2D eigenvalue weighted by atomic mass is 9.84. The van der Waals surface area contributed by atoms with Crippen LogP contribution in [-0.2, 0) is 9.53 Å². The molecule has 3 aliphatic heterocycles. The van der Waals surface area contributed by atoms with E-state index in [9.17, 15) is 9.59 Å². The number of likely N-dealkylation sites (tertiary alicyclic amines) is 1. The molecule has 2 amide bonds. The first-order valence-electron chi connectivity index (χ1n) is 8.51. The van der Waals surface area contributed by atoms with Crippen molar-refractivity contribution in [2.24, 2.45) is 0 Å². The number of amides is 2. The molecule has 0 bridgehead atoms. The summed E-state index contributed by atoms with van der Waals surface area (Å²) < 4.78 is 5.70. The number of anilines is 1. The smallest absolute Gasteiger partial charge is 0.253 e. The summed E-state index contributed by atoms with van der Waals surface area (Å²) in [4.78, 5) is 28.1. The molecule has 0 unspecified atom stereocenters. The van der Waals surface area contributed by atoms with Gasteiger partial charge < -0.3 is 14.5 Å². The summed E-state index contributed by atoms with van der Waals surface area (Å²) in [5.74, 6) is 0.254. The minimum absolute atomic E-state index is 0.0662. The molecular formula is C18H22N2O3. The highest BCUT2D eigenvalue weighted by Crippen LogP contribution is 2.37. The average Bonchev–Trinajstić information content (AvgIpc) is 2.99. The summed E-state index contributed by atoms with van der Waals surface area (Å²) in [7, 11) is 0. The van der Waals surface area contributed by atoms with Crippen LogP contribution in [0.15, 0.2) is 24.3 Å². The number of hydrogen-bond acceptors (Lipinski definition) is 3. The monoisotopic (exact) mass is 314 g/mol. The van der Waals surface area contributed by atoms with E-state index in [1.54, 1.807) is 4.90 Å². The first-order valence-corrected chi connectivity index (χ1v) is 8.51. The number of carbonyl (C=O) groups excluding carboxylic acids is 2. The van der Waals surface area contributed by atoms with Gasteiger partial charge in [0.05, 0.1) is 12.2 Å². The number of benzene rings is 1. The molecule has 3 saturated heterocycles. The predicted octanol–water partition coefficient (Wildman–Crippen LogP) is 2.21. The van der Waals surface area contributed by atoms with Crippen LogP contribution in [0.1, 0.15) is 42.5 Å². The zero-order chi connectivity index (χ0) is 15.9. The number of carbonyl (C=O) groups is 2. The van der Waals surface area contributed by atoms with Gasteiger partial charge in [-0.3, -0.25) is 9.59 Å². The fraction of sp³-hybridized carbons (Fsp3) is 0.556. The molecule has 0 N–H and O–H groups in total. The lowest BCUT2D eigenvalue weighted by molar-refractivity contribution is -0.169. The number of hydrogen-bond donors (Lipinski definition) is 0. The van der Waals surface area contributed by atoms with Crippen LogP contribution in [0.2, 0.25) is 0 Å². The second-order valence-electron chi connectivity index (χ2n) is 6.77. The first kappa shape index (κ1) is 14.7. The third-order valence-corrected chi connectivity index (χ3v) is 5.43. The molecule has 3 fully saturated rings. The molecule has 23 heavy (non-hydrogen) atoms. The van der Waals surface area contributed by atoms with Crippen molar-refractivity contribution in [3.05, 3.63) is 29.8 Å². The average molecular weight is 314 g/mol. The SMILES string of the molecule is O=C(c1ccc(N2CCCC2=O)cc1)N1CCC2(CCO2)CC1. The van der Waals surface area contributed by atoms with Gasteiger partial charge in [0.15, 0.2) is 0 Å².